The first kappa shape index (κ1) is 19.4. The summed E-state index contributed by atoms with van der Waals surface area (Å²) in [7, 11) is 0. The predicted octanol–water partition coefficient (Wildman–Crippen LogP) is -1.24. The molecule has 0 radical (unpaired) electrons. The van der Waals surface area contributed by atoms with Gasteiger partial charge in [-0.3, -0.25) is 0 Å². The van der Waals surface area contributed by atoms with Gasteiger partial charge in [0.2, 0.25) is 0 Å². The number of benzene rings is 2. The summed E-state index contributed by atoms with van der Waals surface area (Å²) in [5, 5.41) is 0. The molecule has 0 saturated carbocycles. The minimum atomic E-state index is -0.746. The molecule has 0 amide bonds. The van der Waals surface area contributed by atoms with Crippen LogP contribution >= 0.6 is 0 Å². The summed E-state index contributed by atoms with van der Waals surface area (Å²) in [4.78, 5) is 0. The smallest absolute Gasteiger partial charge is 1.00 e. The van der Waals surface area contributed by atoms with E-state index < -0.39 is 23.2 Å². The van der Waals surface area contributed by atoms with E-state index in [0.717, 1.165) is 6.42 Å². The summed E-state index contributed by atoms with van der Waals surface area (Å²) >= 11 is -0.746. The number of rotatable bonds is 2. The van der Waals surface area contributed by atoms with Gasteiger partial charge in [-0.25, -0.2) is 0 Å². The zero-order valence-corrected chi connectivity index (χ0v) is 17.7. The van der Waals surface area contributed by atoms with E-state index in [-0.39, 0.29) is 24.8 Å². The summed E-state index contributed by atoms with van der Waals surface area (Å²) in [5.41, 5.74) is 8.93. The van der Waals surface area contributed by atoms with Crippen molar-refractivity contribution in [1.82, 2.24) is 0 Å². The third kappa shape index (κ3) is 3.40. The van der Waals surface area contributed by atoms with Crippen LogP contribution in [0.2, 0.25) is 0 Å². The van der Waals surface area contributed by atoms with Crippen molar-refractivity contribution >= 4 is 3.27 Å². The van der Waals surface area contributed by atoms with E-state index in [1.807, 2.05) is 0 Å². The van der Waals surface area contributed by atoms with Crippen molar-refractivity contribution in [3.63, 3.8) is 0 Å². The van der Waals surface area contributed by atoms with Gasteiger partial charge in [-0.1, -0.05) is 0 Å². The number of hydrogen-bond acceptors (Lipinski definition) is 0. The molecule has 0 N–H and O–H groups in total. The molecule has 0 saturated heterocycles. The maximum Gasteiger partial charge on any atom is -1.00 e. The van der Waals surface area contributed by atoms with Crippen LogP contribution in [0.15, 0.2) is 75.1 Å². The van der Waals surface area contributed by atoms with Crippen molar-refractivity contribution in [3.8, 4) is 11.1 Å². The van der Waals surface area contributed by atoms with Crippen LogP contribution in [-0.4, -0.2) is 0 Å². The first-order chi connectivity index (χ1) is 10.7. The minimum Gasteiger partial charge on any atom is -1.00 e. The van der Waals surface area contributed by atoms with Gasteiger partial charge in [0.05, 0.1) is 0 Å². The molecule has 2 aliphatic rings. The van der Waals surface area contributed by atoms with E-state index >= 15 is 0 Å². The van der Waals surface area contributed by atoms with Crippen molar-refractivity contribution < 1.29 is 48.0 Å². The van der Waals surface area contributed by atoms with Crippen LogP contribution in [0, 0.1) is 0 Å². The average molecular weight is 433 g/mol. The Morgan fingerprint density at radius 2 is 1.67 bits per heavy atom. The third-order valence-electron chi connectivity index (χ3n) is 4.47. The fourth-order valence-corrected chi connectivity index (χ4v) is 7.05. The first-order valence-corrected chi connectivity index (χ1v) is 10.2. The molecule has 3 heteroatoms. The molecule has 120 valence electrons. The predicted molar refractivity (Wildman–Crippen MR) is 89.9 cm³/mol. The second kappa shape index (κ2) is 8.00. The third-order valence-corrected chi connectivity index (χ3v) is 8.02. The molecule has 0 atom stereocenters. The second-order valence-electron chi connectivity index (χ2n) is 6.14. The van der Waals surface area contributed by atoms with Gasteiger partial charge < -0.3 is 24.8 Å². The molecule has 0 nitrogen and oxygen atoms in total. The molecular weight excluding hydrogens is 414 g/mol. The van der Waals surface area contributed by atoms with Crippen LogP contribution in [0.4, 0.5) is 0 Å². The van der Waals surface area contributed by atoms with E-state index in [0.29, 0.717) is 0 Å². The topological polar surface area (TPSA) is 0 Å². The van der Waals surface area contributed by atoms with Gasteiger partial charge in [0.15, 0.2) is 0 Å². The Hall–Kier alpha value is -0.877. The molecule has 2 aromatic rings. The zero-order valence-electron chi connectivity index (χ0n) is 13.7. The fourth-order valence-electron chi connectivity index (χ4n) is 3.38. The fraction of sp³-hybridized carbons (Fsp3) is 0.143. The van der Waals surface area contributed by atoms with Gasteiger partial charge in [0.25, 0.3) is 0 Å². The van der Waals surface area contributed by atoms with Crippen molar-refractivity contribution in [3.05, 3.63) is 86.2 Å². The van der Waals surface area contributed by atoms with E-state index in [4.69, 9.17) is 0 Å². The van der Waals surface area contributed by atoms with Crippen molar-refractivity contribution in [2.24, 2.45) is 0 Å². The summed E-state index contributed by atoms with van der Waals surface area (Å²) in [5.74, 6) is 0. The van der Waals surface area contributed by atoms with E-state index in [1.54, 1.807) is 12.1 Å². The van der Waals surface area contributed by atoms with Crippen molar-refractivity contribution in [2.75, 3.05) is 0 Å². The van der Waals surface area contributed by atoms with Gasteiger partial charge in [-0.05, 0) is 0 Å². The van der Waals surface area contributed by atoms with E-state index in [1.165, 1.54) is 27.8 Å². The quantitative estimate of drug-likeness (QED) is 0.476. The zero-order chi connectivity index (χ0) is 15.1. The summed E-state index contributed by atoms with van der Waals surface area (Å²) in [6, 6.07) is 15.8. The van der Waals surface area contributed by atoms with E-state index in [2.05, 4.69) is 74.5 Å². The van der Waals surface area contributed by atoms with Crippen LogP contribution < -0.4 is 28.1 Å². The Balaban J connectivity index is 0.00000104. The maximum absolute atomic E-state index is 2.37. The Morgan fingerprint density at radius 1 is 0.917 bits per heavy atom. The first-order valence-electron chi connectivity index (χ1n) is 7.77. The number of fused-ring (bicyclic) bond motifs is 3. The van der Waals surface area contributed by atoms with Gasteiger partial charge in [0, 0.05) is 0 Å². The van der Waals surface area contributed by atoms with Gasteiger partial charge in [-0.15, -0.1) is 0 Å². The largest absolute Gasteiger partial charge is 1.00 e. The molecule has 0 heterocycles. The Bertz CT molecular complexity index is 856. The summed E-state index contributed by atoms with van der Waals surface area (Å²) < 4.78 is 3.26. The van der Waals surface area contributed by atoms with Crippen LogP contribution in [0.3, 0.4) is 0 Å². The maximum atomic E-state index is 2.37. The molecule has 0 spiro atoms. The summed E-state index contributed by atoms with van der Waals surface area (Å²) in [6.45, 7) is 4.45. The van der Waals surface area contributed by atoms with Crippen LogP contribution in [-0.2, 0) is 29.7 Å². The Kier molecular flexibility index (Phi) is 6.48. The molecule has 4 rings (SSSR count). The Morgan fingerprint density at radius 3 is 2.46 bits per heavy atom. The van der Waals surface area contributed by atoms with Crippen LogP contribution in [0.1, 0.15) is 25.0 Å². The SMILES string of the molecule is CC(C)=C1C=CC=[C]1[Zr+2][c]1cccc2c1Cc1ccccc1-2.[Cl-].[Cl-]. The standard InChI is InChI=1S/C13H9.C8H9.2ClH.Zr/c1-3-7-12-10(5-1)9-11-6-2-4-8-13(11)12;1-7(2)8-5-3-4-6-8;;;/h1-5,7-8H,9H2;3-5H,1-2H3;2*1H;/q;;;;+2/p-2. The minimum absolute atomic E-state index is 0. The van der Waals surface area contributed by atoms with Crippen LogP contribution in [0.5, 0.6) is 0 Å². The molecule has 2 aliphatic carbocycles. The molecule has 0 aromatic heterocycles. The van der Waals surface area contributed by atoms with Gasteiger partial charge in [-0.2, -0.15) is 0 Å². The molecule has 24 heavy (non-hydrogen) atoms. The van der Waals surface area contributed by atoms with Gasteiger partial charge in [0.1, 0.15) is 0 Å². The normalized spacial score (nSPS) is 13.2. The average Bonchev–Trinajstić information content (AvgIpc) is 3.12. The summed E-state index contributed by atoms with van der Waals surface area (Å²) in [6.07, 6.45) is 7.96. The van der Waals surface area contributed by atoms with Crippen LogP contribution in [0.25, 0.3) is 11.1 Å². The van der Waals surface area contributed by atoms with E-state index in [9.17, 15) is 0 Å². The number of halogens is 2. The van der Waals surface area contributed by atoms with Crippen molar-refractivity contribution in [1.29, 1.82) is 0 Å². The molecule has 0 bridgehead atoms. The number of hydrogen-bond donors (Lipinski definition) is 0. The second-order valence-corrected chi connectivity index (χ2v) is 9.41. The van der Waals surface area contributed by atoms with Gasteiger partial charge >= 0.3 is 144 Å². The monoisotopic (exact) mass is 430 g/mol. The molecule has 0 fully saturated rings. The molecule has 2 aromatic carbocycles. The number of allylic oxidation sites excluding steroid dienone is 6. The molecular formula is C21H18Cl2Zr. The molecule has 0 aliphatic heterocycles. The van der Waals surface area contributed by atoms with Crippen molar-refractivity contribution in [2.45, 2.75) is 20.3 Å². The Labute approximate surface area is 168 Å². The molecule has 0 unspecified atom stereocenters.